The second-order valence-electron chi connectivity index (χ2n) is 5.56. The van der Waals surface area contributed by atoms with Gasteiger partial charge in [-0.3, -0.25) is 9.78 Å². The highest BCUT2D eigenvalue weighted by Crippen LogP contribution is 2.26. The van der Waals surface area contributed by atoms with Crippen LogP contribution in [0.3, 0.4) is 0 Å². The van der Waals surface area contributed by atoms with Gasteiger partial charge in [-0.15, -0.1) is 0 Å². The van der Waals surface area contributed by atoms with Crippen LogP contribution in [0.4, 0.5) is 5.69 Å². The van der Waals surface area contributed by atoms with Crippen LogP contribution in [0.25, 0.3) is 0 Å². The summed E-state index contributed by atoms with van der Waals surface area (Å²) in [6, 6.07) is 4.01. The summed E-state index contributed by atoms with van der Waals surface area (Å²) < 4.78 is 0. The Labute approximate surface area is 121 Å². The summed E-state index contributed by atoms with van der Waals surface area (Å²) >= 11 is 0. The van der Waals surface area contributed by atoms with Crippen molar-refractivity contribution in [1.29, 1.82) is 0 Å². The highest BCUT2D eigenvalue weighted by Gasteiger charge is 2.22. The van der Waals surface area contributed by atoms with Gasteiger partial charge in [0.05, 0.1) is 0 Å². The van der Waals surface area contributed by atoms with Gasteiger partial charge in [-0.1, -0.05) is 13.3 Å². The van der Waals surface area contributed by atoms with Gasteiger partial charge in [0.1, 0.15) is 5.69 Å². The van der Waals surface area contributed by atoms with E-state index in [-0.39, 0.29) is 5.91 Å². The molecule has 0 aromatic carbocycles. The van der Waals surface area contributed by atoms with E-state index in [1.54, 1.807) is 6.20 Å². The Morgan fingerprint density at radius 1 is 1.30 bits per heavy atom. The molecular formula is C16H25N3O. The molecule has 110 valence electrons. The Kier molecular flexibility index (Phi) is 5.39. The first-order valence-corrected chi connectivity index (χ1v) is 7.73. The molecule has 2 rings (SSSR count). The summed E-state index contributed by atoms with van der Waals surface area (Å²) in [6.07, 6.45) is 7.58. The van der Waals surface area contributed by atoms with Crippen molar-refractivity contribution in [2.45, 2.75) is 52.0 Å². The third-order valence-corrected chi connectivity index (χ3v) is 4.13. The van der Waals surface area contributed by atoms with Crippen molar-refractivity contribution < 1.29 is 4.79 Å². The van der Waals surface area contributed by atoms with Crippen molar-refractivity contribution in [3.05, 3.63) is 24.0 Å². The predicted octanol–water partition coefficient (Wildman–Crippen LogP) is 3.21. The van der Waals surface area contributed by atoms with E-state index >= 15 is 0 Å². The van der Waals surface area contributed by atoms with E-state index in [9.17, 15) is 4.79 Å². The fourth-order valence-electron chi connectivity index (χ4n) is 2.84. The number of carbonyl (C=O) groups excluding carboxylic acids is 1. The number of rotatable bonds is 5. The molecule has 20 heavy (non-hydrogen) atoms. The molecule has 1 aromatic heterocycles. The Morgan fingerprint density at radius 3 is 2.70 bits per heavy atom. The molecule has 1 heterocycles. The van der Waals surface area contributed by atoms with E-state index in [4.69, 9.17) is 0 Å². The van der Waals surface area contributed by atoms with E-state index < -0.39 is 0 Å². The molecule has 1 fully saturated rings. The summed E-state index contributed by atoms with van der Waals surface area (Å²) in [5.41, 5.74) is 1.45. The van der Waals surface area contributed by atoms with Crippen molar-refractivity contribution in [3.8, 4) is 0 Å². The van der Waals surface area contributed by atoms with Crippen molar-refractivity contribution >= 4 is 11.6 Å². The van der Waals surface area contributed by atoms with Crippen LogP contribution >= 0.6 is 0 Å². The van der Waals surface area contributed by atoms with Crippen LogP contribution < -0.4 is 10.6 Å². The molecule has 4 heteroatoms. The highest BCUT2D eigenvalue weighted by atomic mass is 16.1. The van der Waals surface area contributed by atoms with Crippen LogP contribution in [-0.4, -0.2) is 23.5 Å². The van der Waals surface area contributed by atoms with Crippen molar-refractivity contribution in [3.63, 3.8) is 0 Å². The maximum atomic E-state index is 12.2. The van der Waals surface area contributed by atoms with Crippen molar-refractivity contribution in [2.24, 2.45) is 5.92 Å². The maximum Gasteiger partial charge on any atom is 0.270 e. The first-order chi connectivity index (χ1) is 9.72. The SMILES string of the molecule is CCNc1ccnc(C(=O)NC2CCC(CC)CC2)c1. The number of aromatic nitrogens is 1. The molecular weight excluding hydrogens is 250 g/mol. The van der Waals surface area contributed by atoms with Gasteiger partial charge < -0.3 is 10.6 Å². The Morgan fingerprint density at radius 2 is 2.05 bits per heavy atom. The standard InChI is InChI=1S/C16H25N3O/c1-3-12-5-7-13(8-6-12)19-16(20)15-11-14(17-4-2)9-10-18-15/h9-13H,3-8H2,1-2H3,(H,17,18)(H,19,20). The van der Waals surface area contributed by atoms with Gasteiger partial charge in [0, 0.05) is 24.5 Å². The number of pyridine rings is 1. The van der Waals surface area contributed by atoms with Crippen LogP contribution in [0.2, 0.25) is 0 Å². The van der Waals surface area contributed by atoms with Crippen molar-refractivity contribution in [2.75, 3.05) is 11.9 Å². The van der Waals surface area contributed by atoms with Gasteiger partial charge in [-0.25, -0.2) is 0 Å². The summed E-state index contributed by atoms with van der Waals surface area (Å²) in [5.74, 6) is 0.795. The summed E-state index contributed by atoms with van der Waals surface area (Å²) in [7, 11) is 0. The second-order valence-corrected chi connectivity index (χ2v) is 5.56. The normalized spacial score (nSPS) is 22.3. The van der Waals surface area contributed by atoms with Crippen LogP contribution in [0.1, 0.15) is 56.4 Å². The molecule has 1 aliphatic rings. The summed E-state index contributed by atoms with van der Waals surface area (Å²) in [5, 5.41) is 6.32. The lowest BCUT2D eigenvalue weighted by Gasteiger charge is -2.28. The molecule has 0 bridgehead atoms. The van der Waals surface area contributed by atoms with Gasteiger partial charge in [0.2, 0.25) is 0 Å². The Bertz CT molecular complexity index is 439. The van der Waals surface area contributed by atoms with E-state index in [1.807, 2.05) is 19.1 Å². The summed E-state index contributed by atoms with van der Waals surface area (Å²) in [4.78, 5) is 16.4. The molecule has 1 saturated carbocycles. The van der Waals surface area contributed by atoms with E-state index in [0.29, 0.717) is 11.7 Å². The maximum absolute atomic E-state index is 12.2. The molecule has 1 aliphatic carbocycles. The lowest BCUT2D eigenvalue weighted by atomic mass is 9.84. The molecule has 1 amide bonds. The molecule has 1 aromatic rings. The lowest BCUT2D eigenvalue weighted by molar-refractivity contribution is 0.0916. The van der Waals surface area contributed by atoms with Crippen LogP contribution in [-0.2, 0) is 0 Å². The summed E-state index contributed by atoms with van der Waals surface area (Å²) in [6.45, 7) is 5.12. The van der Waals surface area contributed by atoms with Crippen LogP contribution in [0.15, 0.2) is 18.3 Å². The number of carbonyl (C=O) groups is 1. The Hall–Kier alpha value is -1.58. The van der Waals surface area contributed by atoms with Crippen molar-refractivity contribution in [1.82, 2.24) is 10.3 Å². The smallest absolute Gasteiger partial charge is 0.270 e. The number of nitrogens with zero attached hydrogens (tertiary/aromatic N) is 1. The van der Waals surface area contributed by atoms with Gasteiger partial charge in [-0.2, -0.15) is 0 Å². The first-order valence-electron chi connectivity index (χ1n) is 7.73. The van der Waals surface area contributed by atoms with Crippen LogP contribution in [0.5, 0.6) is 0 Å². The van der Waals surface area contributed by atoms with E-state index in [1.165, 1.54) is 19.3 Å². The fourth-order valence-corrected chi connectivity index (χ4v) is 2.84. The largest absolute Gasteiger partial charge is 0.385 e. The average molecular weight is 275 g/mol. The molecule has 2 N–H and O–H groups in total. The Balaban J connectivity index is 1.90. The van der Waals surface area contributed by atoms with Gasteiger partial charge in [0.15, 0.2) is 0 Å². The number of anilines is 1. The van der Waals surface area contributed by atoms with Gasteiger partial charge >= 0.3 is 0 Å². The van der Waals surface area contributed by atoms with E-state index in [2.05, 4.69) is 22.5 Å². The zero-order valence-electron chi connectivity index (χ0n) is 12.5. The minimum atomic E-state index is -0.0512. The predicted molar refractivity (Wildman–Crippen MR) is 81.9 cm³/mol. The third kappa shape index (κ3) is 3.95. The van der Waals surface area contributed by atoms with E-state index in [0.717, 1.165) is 31.0 Å². The molecule has 0 saturated heterocycles. The van der Waals surface area contributed by atoms with Gasteiger partial charge in [0.25, 0.3) is 5.91 Å². The monoisotopic (exact) mass is 275 g/mol. The van der Waals surface area contributed by atoms with Gasteiger partial charge in [-0.05, 0) is 50.7 Å². The fraction of sp³-hybridized carbons (Fsp3) is 0.625. The number of nitrogens with one attached hydrogen (secondary N) is 2. The second kappa shape index (κ2) is 7.27. The average Bonchev–Trinajstić information content (AvgIpc) is 2.48. The molecule has 4 nitrogen and oxygen atoms in total. The third-order valence-electron chi connectivity index (χ3n) is 4.13. The number of amides is 1. The quantitative estimate of drug-likeness (QED) is 0.867. The number of hydrogen-bond donors (Lipinski definition) is 2. The lowest BCUT2D eigenvalue weighted by Crippen LogP contribution is -2.37. The minimum Gasteiger partial charge on any atom is -0.385 e. The van der Waals surface area contributed by atoms with Crippen LogP contribution in [0, 0.1) is 5.92 Å². The number of hydrogen-bond acceptors (Lipinski definition) is 3. The zero-order valence-corrected chi connectivity index (χ0v) is 12.5. The molecule has 0 unspecified atom stereocenters. The highest BCUT2D eigenvalue weighted by molar-refractivity contribution is 5.93. The zero-order chi connectivity index (χ0) is 14.4. The molecule has 0 atom stereocenters. The first kappa shape index (κ1) is 14.8. The molecule has 0 spiro atoms. The molecule has 0 radical (unpaired) electrons. The minimum absolute atomic E-state index is 0.0512. The topological polar surface area (TPSA) is 54.0 Å². The molecule has 0 aliphatic heterocycles.